The molecule has 1 saturated heterocycles. The number of nitrogens with one attached hydrogen (secondary N) is 1. The smallest absolute Gasteiger partial charge is 0.246 e. The van der Waals surface area contributed by atoms with Gasteiger partial charge in [0.1, 0.15) is 16.4 Å². The van der Waals surface area contributed by atoms with Crippen molar-refractivity contribution < 1.29 is 27.4 Å². The van der Waals surface area contributed by atoms with Crippen molar-refractivity contribution in [3.63, 3.8) is 0 Å². The predicted octanol–water partition coefficient (Wildman–Crippen LogP) is 2.90. The summed E-state index contributed by atoms with van der Waals surface area (Å²) in [6, 6.07) is 14.1. The molecule has 0 atom stereocenters. The molecule has 1 amide bonds. The van der Waals surface area contributed by atoms with E-state index in [1.54, 1.807) is 19.1 Å². The molecule has 3 rings (SSSR count). The van der Waals surface area contributed by atoms with Crippen molar-refractivity contribution in [1.29, 1.82) is 0 Å². The van der Waals surface area contributed by atoms with Crippen molar-refractivity contribution in [3.05, 3.63) is 48.5 Å². The molecule has 2 aromatic rings. The van der Waals surface area contributed by atoms with Crippen LogP contribution in [0.25, 0.3) is 0 Å². The quantitative estimate of drug-likeness (QED) is 0.562. The van der Waals surface area contributed by atoms with Crippen LogP contribution >= 0.6 is 0 Å². The van der Waals surface area contributed by atoms with E-state index in [-0.39, 0.29) is 36.1 Å². The van der Waals surface area contributed by atoms with Gasteiger partial charge in [-0.1, -0.05) is 18.2 Å². The summed E-state index contributed by atoms with van der Waals surface area (Å²) in [4.78, 5) is 12.4. The summed E-state index contributed by atoms with van der Waals surface area (Å²) in [5, 5.41) is 2.77. The average molecular weight is 449 g/mol. The van der Waals surface area contributed by atoms with E-state index in [0.29, 0.717) is 38.5 Å². The van der Waals surface area contributed by atoms with E-state index in [1.165, 1.54) is 10.4 Å². The van der Waals surface area contributed by atoms with Crippen LogP contribution in [0.5, 0.6) is 11.5 Å². The fraction of sp³-hybridized carbons (Fsp3) is 0.409. The van der Waals surface area contributed by atoms with Crippen LogP contribution in [0, 0.1) is 0 Å². The number of nitrogens with zero attached hydrogens (tertiary/aromatic N) is 1. The number of ether oxygens (including phenoxy) is 3. The van der Waals surface area contributed by atoms with Crippen LogP contribution in [-0.2, 0) is 19.6 Å². The summed E-state index contributed by atoms with van der Waals surface area (Å²) in [6.45, 7) is 3.81. The highest BCUT2D eigenvalue weighted by Crippen LogP contribution is 2.30. The fourth-order valence-electron chi connectivity index (χ4n) is 3.15. The molecule has 1 aliphatic rings. The van der Waals surface area contributed by atoms with Crippen molar-refractivity contribution in [2.75, 3.05) is 44.8 Å². The van der Waals surface area contributed by atoms with Crippen LogP contribution in [0.3, 0.4) is 0 Å². The molecule has 0 aliphatic carbocycles. The van der Waals surface area contributed by atoms with Gasteiger partial charge in [0, 0.05) is 25.2 Å². The van der Waals surface area contributed by atoms with Gasteiger partial charge in [-0.3, -0.25) is 4.79 Å². The van der Waals surface area contributed by atoms with Crippen LogP contribution in [0.1, 0.15) is 19.8 Å². The zero-order chi connectivity index (χ0) is 22.1. The van der Waals surface area contributed by atoms with Crippen molar-refractivity contribution in [1.82, 2.24) is 4.31 Å². The Hall–Kier alpha value is -2.62. The minimum absolute atomic E-state index is 0.0430. The Kier molecular flexibility index (Phi) is 8.27. The number of hydrogen-bond acceptors (Lipinski definition) is 6. The minimum atomic E-state index is -3.77. The maximum absolute atomic E-state index is 13.1. The van der Waals surface area contributed by atoms with Crippen LogP contribution < -0.4 is 14.8 Å². The summed E-state index contributed by atoms with van der Waals surface area (Å²) in [6.07, 6.45) is 0.794. The third-order valence-electron chi connectivity index (χ3n) is 4.68. The van der Waals surface area contributed by atoms with Gasteiger partial charge in [-0.05, 0) is 43.7 Å². The van der Waals surface area contributed by atoms with E-state index in [4.69, 9.17) is 14.2 Å². The lowest BCUT2D eigenvalue weighted by molar-refractivity contribution is -0.116. The van der Waals surface area contributed by atoms with E-state index in [0.717, 1.165) is 5.75 Å². The average Bonchev–Trinajstić information content (AvgIpc) is 2.79. The number of sulfonamides is 1. The molecule has 0 aromatic heterocycles. The van der Waals surface area contributed by atoms with Crippen LogP contribution in [0.15, 0.2) is 53.4 Å². The van der Waals surface area contributed by atoms with Crippen molar-refractivity contribution in [3.8, 4) is 11.5 Å². The van der Waals surface area contributed by atoms with Gasteiger partial charge in [0.05, 0.1) is 26.4 Å². The second-order valence-electron chi connectivity index (χ2n) is 6.92. The molecule has 0 radical (unpaired) electrons. The van der Waals surface area contributed by atoms with Gasteiger partial charge in [-0.15, -0.1) is 0 Å². The van der Waals surface area contributed by atoms with Gasteiger partial charge in [0.2, 0.25) is 15.9 Å². The molecule has 0 bridgehead atoms. The van der Waals surface area contributed by atoms with Gasteiger partial charge in [-0.2, -0.15) is 4.31 Å². The maximum Gasteiger partial charge on any atom is 0.246 e. The number of benzene rings is 2. The second kappa shape index (κ2) is 11.1. The number of anilines is 1. The lowest BCUT2D eigenvalue weighted by Crippen LogP contribution is -2.40. The normalized spacial score (nSPS) is 14.7. The number of morpholine rings is 1. The molecule has 9 heteroatoms. The van der Waals surface area contributed by atoms with Gasteiger partial charge >= 0.3 is 0 Å². The fourth-order valence-corrected chi connectivity index (χ4v) is 4.72. The Labute approximate surface area is 183 Å². The molecule has 0 unspecified atom stereocenters. The van der Waals surface area contributed by atoms with E-state index >= 15 is 0 Å². The number of amides is 1. The van der Waals surface area contributed by atoms with Crippen LogP contribution in [0.2, 0.25) is 0 Å². The largest absolute Gasteiger partial charge is 0.494 e. The number of para-hydroxylation sites is 1. The molecule has 168 valence electrons. The van der Waals surface area contributed by atoms with E-state index in [1.807, 2.05) is 30.3 Å². The molecule has 1 aliphatic heterocycles. The summed E-state index contributed by atoms with van der Waals surface area (Å²) in [5.74, 6) is 0.811. The standard InChI is InChI=1S/C22H28N2O6S/c1-2-29-20-11-10-18(17-21(20)31(26,27)24-12-15-28-16-13-24)23-22(25)9-6-14-30-19-7-4-3-5-8-19/h3-5,7-8,10-11,17H,2,6,9,12-16H2,1H3,(H,23,25). The molecule has 2 aromatic carbocycles. The van der Waals surface area contributed by atoms with Gasteiger partial charge in [-0.25, -0.2) is 8.42 Å². The highest BCUT2D eigenvalue weighted by molar-refractivity contribution is 7.89. The first-order valence-electron chi connectivity index (χ1n) is 10.3. The highest BCUT2D eigenvalue weighted by atomic mass is 32.2. The molecule has 31 heavy (non-hydrogen) atoms. The molecule has 1 fully saturated rings. The molecule has 8 nitrogen and oxygen atoms in total. The third kappa shape index (κ3) is 6.43. The topological polar surface area (TPSA) is 94.2 Å². The van der Waals surface area contributed by atoms with E-state index in [2.05, 4.69) is 5.32 Å². The number of carbonyl (C=O) groups excluding carboxylic acids is 1. The summed E-state index contributed by atoms with van der Waals surface area (Å²) in [7, 11) is -3.77. The third-order valence-corrected chi connectivity index (χ3v) is 6.60. The van der Waals surface area contributed by atoms with Gasteiger partial charge < -0.3 is 19.5 Å². The van der Waals surface area contributed by atoms with E-state index in [9.17, 15) is 13.2 Å². The minimum Gasteiger partial charge on any atom is -0.494 e. The SMILES string of the molecule is CCOc1ccc(NC(=O)CCCOc2ccccc2)cc1S(=O)(=O)N1CCOCC1. The molecule has 1 heterocycles. The van der Waals surface area contributed by atoms with Crippen molar-refractivity contribution in [2.24, 2.45) is 0 Å². The number of hydrogen-bond donors (Lipinski definition) is 1. The van der Waals surface area contributed by atoms with Crippen molar-refractivity contribution in [2.45, 2.75) is 24.7 Å². The van der Waals surface area contributed by atoms with Gasteiger partial charge in [0.25, 0.3) is 0 Å². The molecule has 0 saturated carbocycles. The second-order valence-corrected chi connectivity index (χ2v) is 8.83. The number of carbonyl (C=O) groups is 1. The Bertz CT molecular complexity index is 959. The maximum atomic E-state index is 13.1. The van der Waals surface area contributed by atoms with Crippen LogP contribution in [-0.4, -0.2) is 58.1 Å². The number of rotatable bonds is 10. The Morgan fingerprint density at radius 3 is 2.55 bits per heavy atom. The van der Waals surface area contributed by atoms with E-state index < -0.39 is 10.0 Å². The highest BCUT2D eigenvalue weighted by Gasteiger charge is 2.29. The molecular weight excluding hydrogens is 420 g/mol. The first-order valence-corrected chi connectivity index (χ1v) is 11.8. The molecule has 0 spiro atoms. The predicted molar refractivity (Wildman–Crippen MR) is 117 cm³/mol. The Morgan fingerprint density at radius 1 is 1.10 bits per heavy atom. The first-order chi connectivity index (χ1) is 15.0. The lowest BCUT2D eigenvalue weighted by Gasteiger charge is -2.27. The molecule has 1 N–H and O–H groups in total. The lowest BCUT2D eigenvalue weighted by atomic mass is 10.2. The first kappa shape index (κ1) is 23.1. The Balaban J connectivity index is 1.63. The van der Waals surface area contributed by atoms with Crippen molar-refractivity contribution >= 4 is 21.6 Å². The summed E-state index contributed by atoms with van der Waals surface area (Å²) < 4.78 is 44.0. The summed E-state index contributed by atoms with van der Waals surface area (Å²) >= 11 is 0. The van der Waals surface area contributed by atoms with Gasteiger partial charge in [0.15, 0.2) is 0 Å². The zero-order valence-corrected chi connectivity index (χ0v) is 18.4. The zero-order valence-electron chi connectivity index (χ0n) is 17.6. The summed E-state index contributed by atoms with van der Waals surface area (Å²) in [5.41, 5.74) is 0.407. The molecular formula is C22H28N2O6S. The van der Waals surface area contributed by atoms with Crippen LogP contribution in [0.4, 0.5) is 5.69 Å². The Morgan fingerprint density at radius 2 is 1.84 bits per heavy atom. The monoisotopic (exact) mass is 448 g/mol.